The third-order valence-electron chi connectivity index (χ3n) is 4.82. The van der Waals surface area contributed by atoms with Crippen LogP contribution in [0.1, 0.15) is 10.4 Å². The number of hydrogen-bond donors (Lipinski definition) is 2. The lowest BCUT2D eigenvalue weighted by Crippen LogP contribution is -2.37. The molecule has 1 saturated heterocycles. The van der Waals surface area contributed by atoms with Gasteiger partial charge in [-0.15, -0.1) is 0 Å². The summed E-state index contributed by atoms with van der Waals surface area (Å²) in [5.74, 6) is -0.624. The van der Waals surface area contributed by atoms with Gasteiger partial charge in [0, 0.05) is 36.9 Å². The lowest BCUT2D eigenvalue weighted by molar-refractivity contribution is -0.384. The van der Waals surface area contributed by atoms with Gasteiger partial charge in [0.15, 0.2) is 10.2 Å². The Hall–Kier alpha value is -3.75. The Kier molecular flexibility index (Phi) is 6.39. The molecule has 14 heteroatoms. The Balaban J connectivity index is 1.46. The number of thiazole rings is 1. The molecule has 1 fully saturated rings. The largest absolute Gasteiger partial charge is 0.378 e. The van der Waals surface area contributed by atoms with Gasteiger partial charge in [-0.1, -0.05) is 11.3 Å². The van der Waals surface area contributed by atoms with E-state index in [1.54, 1.807) is 0 Å². The topological polar surface area (TPSA) is 153 Å². The first kappa shape index (κ1) is 22.4. The SMILES string of the molecule is O=C(NC(=S)Nc1nc2ccc([N+](=O)[O-])cc2s1)c1ccc(N2CCOCC2)c([N+](=O)[O-])c1. The number of amides is 1. The number of carbonyl (C=O) groups excluding carboxylic acids is 1. The van der Waals surface area contributed by atoms with Crippen LogP contribution in [-0.2, 0) is 4.74 Å². The summed E-state index contributed by atoms with van der Waals surface area (Å²) in [5, 5.41) is 28.0. The average molecular weight is 489 g/mol. The van der Waals surface area contributed by atoms with Gasteiger partial charge in [-0.2, -0.15) is 0 Å². The number of aromatic nitrogens is 1. The Labute approximate surface area is 195 Å². The van der Waals surface area contributed by atoms with E-state index in [0.717, 1.165) is 11.3 Å². The lowest BCUT2D eigenvalue weighted by atomic mass is 10.1. The molecule has 0 aliphatic carbocycles. The van der Waals surface area contributed by atoms with E-state index in [4.69, 9.17) is 17.0 Å². The smallest absolute Gasteiger partial charge is 0.293 e. The maximum atomic E-state index is 12.6. The van der Waals surface area contributed by atoms with Crippen LogP contribution in [0.4, 0.5) is 22.2 Å². The highest BCUT2D eigenvalue weighted by Crippen LogP contribution is 2.31. The molecule has 0 bridgehead atoms. The summed E-state index contributed by atoms with van der Waals surface area (Å²) in [4.78, 5) is 40.2. The van der Waals surface area contributed by atoms with Crippen LogP contribution in [0.3, 0.4) is 0 Å². The summed E-state index contributed by atoms with van der Waals surface area (Å²) in [5.41, 5.74) is 0.787. The molecule has 0 spiro atoms. The van der Waals surface area contributed by atoms with Gasteiger partial charge >= 0.3 is 0 Å². The number of thiocarbonyl (C=S) groups is 1. The third kappa shape index (κ3) is 5.02. The molecule has 1 aliphatic rings. The molecule has 2 heterocycles. The summed E-state index contributed by atoms with van der Waals surface area (Å²) < 4.78 is 5.86. The van der Waals surface area contributed by atoms with E-state index in [-0.39, 0.29) is 22.1 Å². The van der Waals surface area contributed by atoms with Gasteiger partial charge < -0.3 is 15.0 Å². The standard InChI is InChI=1S/C19H16N6O6S2/c26-17(11-1-4-14(15(9-11)25(29)30)23-5-7-31-8-6-23)21-18(32)22-19-20-13-3-2-12(24(27)28)10-16(13)33-19/h1-4,9-10H,5-8H2,(H2,20,21,22,26,32). The van der Waals surface area contributed by atoms with E-state index in [2.05, 4.69) is 15.6 Å². The molecular weight excluding hydrogens is 472 g/mol. The molecule has 3 aromatic rings. The summed E-state index contributed by atoms with van der Waals surface area (Å²) in [6.45, 7) is 1.98. The molecule has 170 valence electrons. The highest BCUT2D eigenvalue weighted by Gasteiger charge is 2.23. The van der Waals surface area contributed by atoms with Crippen molar-refractivity contribution in [1.29, 1.82) is 0 Å². The molecule has 12 nitrogen and oxygen atoms in total. The predicted molar refractivity (Wildman–Crippen MR) is 126 cm³/mol. The number of benzene rings is 2. The van der Waals surface area contributed by atoms with E-state index in [1.165, 1.54) is 36.4 Å². The molecule has 2 N–H and O–H groups in total. The number of rotatable bonds is 5. The van der Waals surface area contributed by atoms with E-state index in [9.17, 15) is 25.0 Å². The summed E-state index contributed by atoms with van der Waals surface area (Å²) in [6, 6.07) is 8.50. The van der Waals surface area contributed by atoms with Crippen molar-refractivity contribution in [2.24, 2.45) is 0 Å². The number of nitrogens with one attached hydrogen (secondary N) is 2. The maximum Gasteiger partial charge on any atom is 0.293 e. The number of nitrogens with zero attached hydrogens (tertiary/aromatic N) is 4. The molecule has 33 heavy (non-hydrogen) atoms. The zero-order valence-corrected chi connectivity index (χ0v) is 18.5. The summed E-state index contributed by atoms with van der Waals surface area (Å²) >= 11 is 6.29. The average Bonchev–Trinajstić information content (AvgIpc) is 3.20. The molecule has 0 unspecified atom stereocenters. The van der Waals surface area contributed by atoms with Crippen LogP contribution in [0, 0.1) is 20.2 Å². The normalized spacial score (nSPS) is 13.5. The first-order valence-electron chi connectivity index (χ1n) is 9.60. The first-order chi connectivity index (χ1) is 15.8. The predicted octanol–water partition coefficient (Wildman–Crippen LogP) is 3.08. The van der Waals surface area contributed by atoms with Crippen LogP contribution < -0.4 is 15.5 Å². The number of ether oxygens (including phenoxy) is 1. The summed E-state index contributed by atoms with van der Waals surface area (Å²) in [6.07, 6.45) is 0. The van der Waals surface area contributed by atoms with Crippen molar-refractivity contribution in [2.45, 2.75) is 0 Å². The fourth-order valence-electron chi connectivity index (χ4n) is 3.27. The van der Waals surface area contributed by atoms with Crippen LogP contribution in [0.25, 0.3) is 10.2 Å². The molecule has 2 aromatic carbocycles. The minimum absolute atomic E-state index is 0.0595. The number of nitro benzene ring substituents is 2. The molecule has 4 rings (SSSR count). The van der Waals surface area contributed by atoms with E-state index >= 15 is 0 Å². The van der Waals surface area contributed by atoms with Gasteiger partial charge in [0.1, 0.15) is 5.69 Å². The number of fused-ring (bicyclic) bond motifs is 1. The Morgan fingerprint density at radius 2 is 1.88 bits per heavy atom. The Bertz CT molecular complexity index is 1270. The van der Waals surface area contributed by atoms with Crippen molar-refractivity contribution < 1.29 is 19.4 Å². The van der Waals surface area contributed by atoms with E-state index in [0.29, 0.717) is 47.3 Å². The van der Waals surface area contributed by atoms with Crippen LogP contribution in [-0.4, -0.2) is 52.2 Å². The second-order valence-corrected chi connectivity index (χ2v) is 8.34. The van der Waals surface area contributed by atoms with Crippen molar-refractivity contribution in [3.63, 3.8) is 0 Å². The van der Waals surface area contributed by atoms with Gasteiger partial charge in [-0.25, -0.2) is 4.98 Å². The zero-order valence-electron chi connectivity index (χ0n) is 16.8. The number of anilines is 2. The van der Waals surface area contributed by atoms with E-state index in [1.807, 2.05) is 4.90 Å². The van der Waals surface area contributed by atoms with Crippen LogP contribution in [0.5, 0.6) is 0 Å². The second kappa shape index (κ2) is 9.40. The molecule has 1 aliphatic heterocycles. The van der Waals surface area contributed by atoms with Crippen molar-refractivity contribution in [3.8, 4) is 0 Å². The number of nitro groups is 2. The van der Waals surface area contributed by atoms with Gasteiger partial charge in [-0.05, 0) is 30.4 Å². The monoisotopic (exact) mass is 488 g/mol. The molecule has 0 atom stereocenters. The van der Waals surface area contributed by atoms with Gasteiger partial charge in [0.2, 0.25) is 0 Å². The van der Waals surface area contributed by atoms with Crippen LogP contribution in [0.15, 0.2) is 36.4 Å². The van der Waals surface area contributed by atoms with Gasteiger partial charge in [0.05, 0.1) is 33.3 Å². The number of non-ortho nitro benzene ring substituents is 1. The number of morpholine rings is 1. The van der Waals surface area contributed by atoms with Crippen molar-refractivity contribution in [2.75, 3.05) is 36.5 Å². The van der Waals surface area contributed by atoms with Gasteiger partial charge in [-0.3, -0.25) is 30.3 Å². The highest BCUT2D eigenvalue weighted by atomic mass is 32.1. The molecule has 0 saturated carbocycles. The fourth-order valence-corrected chi connectivity index (χ4v) is 4.42. The minimum atomic E-state index is -0.624. The van der Waals surface area contributed by atoms with Crippen LogP contribution in [0.2, 0.25) is 0 Å². The minimum Gasteiger partial charge on any atom is -0.378 e. The molecular formula is C19H16N6O6S2. The van der Waals surface area contributed by atoms with Gasteiger partial charge in [0.25, 0.3) is 17.3 Å². The molecule has 1 aromatic heterocycles. The zero-order chi connectivity index (χ0) is 23.5. The second-order valence-electron chi connectivity index (χ2n) is 6.90. The van der Waals surface area contributed by atoms with Crippen LogP contribution >= 0.6 is 23.6 Å². The van der Waals surface area contributed by atoms with Crippen molar-refractivity contribution >= 4 is 67.0 Å². The maximum absolute atomic E-state index is 12.6. The molecule has 1 amide bonds. The fraction of sp³-hybridized carbons (Fsp3) is 0.211. The lowest BCUT2D eigenvalue weighted by Gasteiger charge is -2.28. The van der Waals surface area contributed by atoms with Crippen molar-refractivity contribution in [3.05, 3.63) is 62.2 Å². The van der Waals surface area contributed by atoms with E-state index < -0.39 is 15.8 Å². The number of carbonyl (C=O) groups is 1. The Morgan fingerprint density at radius 3 is 2.58 bits per heavy atom. The summed E-state index contributed by atoms with van der Waals surface area (Å²) in [7, 11) is 0. The highest BCUT2D eigenvalue weighted by molar-refractivity contribution is 7.80. The first-order valence-corrected chi connectivity index (χ1v) is 10.8. The van der Waals surface area contributed by atoms with Crippen molar-refractivity contribution in [1.82, 2.24) is 10.3 Å². The third-order valence-corrected chi connectivity index (χ3v) is 5.95. The molecule has 0 radical (unpaired) electrons. The number of hydrogen-bond acceptors (Lipinski definition) is 10. The Morgan fingerprint density at radius 1 is 1.12 bits per heavy atom. The quantitative estimate of drug-likeness (QED) is 0.311.